The van der Waals surface area contributed by atoms with Gasteiger partial charge in [-0.05, 0) is 11.6 Å². The Bertz CT molecular complexity index is 498. The van der Waals surface area contributed by atoms with Gasteiger partial charge in [-0.1, -0.05) is 6.07 Å². The van der Waals surface area contributed by atoms with E-state index >= 15 is 0 Å². The molecule has 0 radical (unpaired) electrons. The van der Waals surface area contributed by atoms with Crippen LogP contribution in [-0.2, 0) is 16.6 Å². The molecule has 0 bridgehead atoms. The van der Waals surface area contributed by atoms with Crippen LogP contribution in [0.25, 0.3) is 0 Å². The second kappa shape index (κ2) is 7.12. The SMILES string of the molecule is CS(=O)(=O)N1CCN(CCNCc2cccnc2)CC1. The first-order chi connectivity index (χ1) is 9.55. The van der Waals surface area contributed by atoms with Gasteiger partial charge in [0.15, 0.2) is 0 Å². The van der Waals surface area contributed by atoms with Gasteiger partial charge in [-0.3, -0.25) is 9.88 Å². The number of sulfonamides is 1. The van der Waals surface area contributed by atoms with E-state index in [2.05, 4.69) is 15.2 Å². The van der Waals surface area contributed by atoms with E-state index in [4.69, 9.17) is 0 Å². The summed E-state index contributed by atoms with van der Waals surface area (Å²) in [5.74, 6) is 0. The standard InChI is InChI=1S/C13H22N4O2S/c1-20(18,19)17-9-7-16(8-10-17)6-5-15-12-13-3-2-4-14-11-13/h2-4,11,15H,5-10,12H2,1H3. The van der Waals surface area contributed by atoms with E-state index in [1.165, 1.54) is 11.8 Å². The number of hydrogen-bond donors (Lipinski definition) is 1. The molecule has 1 aromatic heterocycles. The van der Waals surface area contributed by atoms with Crippen LogP contribution < -0.4 is 5.32 Å². The topological polar surface area (TPSA) is 65.5 Å². The van der Waals surface area contributed by atoms with E-state index in [0.717, 1.165) is 32.7 Å². The average Bonchev–Trinajstić information content (AvgIpc) is 2.44. The van der Waals surface area contributed by atoms with Crippen LogP contribution in [0, 0.1) is 0 Å². The van der Waals surface area contributed by atoms with E-state index in [9.17, 15) is 8.42 Å². The third kappa shape index (κ3) is 4.82. The molecule has 20 heavy (non-hydrogen) atoms. The zero-order valence-electron chi connectivity index (χ0n) is 11.8. The molecule has 0 saturated carbocycles. The van der Waals surface area contributed by atoms with Crippen molar-refractivity contribution >= 4 is 10.0 Å². The van der Waals surface area contributed by atoms with E-state index in [1.54, 1.807) is 10.5 Å². The Morgan fingerprint density at radius 2 is 2.05 bits per heavy atom. The molecule has 0 amide bonds. The predicted octanol–water partition coefficient (Wildman–Crippen LogP) is -0.252. The van der Waals surface area contributed by atoms with Crippen molar-refractivity contribution in [1.29, 1.82) is 0 Å². The average molecular weight is 298 g/mol. The molecule has 112 valence electrons. The Morgan fingerprint density at radius 1 is 1.30 bits per heavy atom. The van der Waals surface area contributed by atoms with Crippen molar-refractivity contribution in [3.8, 4) is 0 Å². The van der Waals surface area contributed by atoms with Crippen LogP contribution in [0.3, 0.4) is 0 Å². The van der Waals surface area contributed by atoms with Crippen molar-refractivity contribution in [3.63, 3.8) is 0 Å². The highest BCUT2D eigenvalue weighted by molar-refractivity contribution is 7.88. The summed E-state index contributed by atoms with van der Waals surface area (Å²) >= 11 is 0. The van der Waals surface area contributed by atoms with Gasteiger partial charge in [-0.15, -0.1) is 0 Å². The first kappa shape index (κ1) is 15.4. The van der Waals surface area contributed by atoms with E-state index < -0.39 is 10.0 Å². The highest BCUT2D eigenvalue weighted by Crippen LogP contribution is 2.05. The van der Waals surface area contributed by atoms with Crippen molar-refractivity contribution < 1.29 is 8.42 Å². The van der Waals surface area contributed by atoms with E-state index in [-0.39, 0.29) is 0 Å². The van der Waals surface area contributed by atoms with Gasteiger partial charge < -0.3 is 5.32 Å². The van der Waals surface area contributed by atoms with Gasteiger partial charge in [0, 0.05) is 58.2 Å². The second-order valence-corrected chi connectivity index (χ2v) is 7.02. The number of aromatic nitrogens is 1. The van der Waals surface area contributed by atoms with E-state index in [0.29, 0.717) is 13.1 Å². The summed E-state index contributed by atoms with van der Waals surface area (Å²) in [5, 5.41) is 3.38. The van der Waals surface area contributed by atoms with Gasteiger partial charge in [-0.2, -0.15) is 4.31 Å². The molecule has 7 heteroatoms. The van der Waals surface area contributed by atoms with Crippen LogP contribution >= 0.6 is 0 Å². The van der Waals surface area contributed by atoms with E-state index in [1.807, 2.05) is 18.3 Å². The Labute approximate surface area is 120 Å². The van der Waals surface area contributed by atoms with Crippen LogP contribution in [-0.4, -0.2) is 68.1 Å². The fourth-order valence-corrected chi connectivity index (χ4v) is 3.08. The minimum atomic E-state index is -3.03. The summed E-state index contributed by atoms with van der Waals surface area (Å²) in [5.41, 5.74) is 1.18. The predicted molar refractivity (Wildman–Crippen MR) is 78.8 cm³/mol. The lowest BCUT2D eigenvalue weighted by atomic mass is 10.3. The fraction of sp³-hybridized carbons (Fsp3) is 0.615. The minimum Gasteiger partial charge on any atom is -0.311 e. The van der Waals surface area contributed by atoms with Crippen LogP contribution in [0.5, 0.6) is 0 Å². The van der Waals surface area contributed by atoms with Gasteiger partial charge in [0.05, 0.1) is 6.26 Å². The lowest BCUT2D eigenvalue weighted by molar-refractivity contribution is 0.189. The molecule has 2 rings (SSSR count). The number of piperazine rings is 1. The molecule has 1 N–H and O–H groups in total. The maximum absolute atomic E-state index is 11.4. The number of rotatable bonds is 6. The summed E-state index contributed by atoms with van der Waals surface area (Å²) in [6.45, 7) is 5.47. The summed E-state index contributed by atoms with van der Waals surface area (Å²) in [7, 11) is -3.03. The molecule has 1 fully saturated rings. The van der Waals surface area contributed by atoms with Crippen LogP contribution in [0.15, 0.2) is 24.5 Å². The lowest BCUT2D eigenvalue weighted by Crippen LogP contribution is -2.49. The first-order valence-corrected chi connectivity index (χ1v) is 8.67. The monoisotopic (exact) mass is 298 g/mol. The number of hydrogen-bond acceptors (Lipinski definition) is 5. The van der Waals surface area contributed by atoms with Crippen LogP contribution in [0.2, 0.25) is 0 Å². The molecule has 0 aromatic carbocycles. The molecule has 1 aromatic rings. The first-order valence-electron chi connectivity index (χ1n) is 6.83. The highest BCUT2D eigenvalue weighted by Gasteiger charge is 2.22. The summed E-state index contributed by atoms with van der Waals surface area (Å²) < 4.78 is 24.3. The zero-order valence-corrected chi connectivity index (χ0v) is 12.6. The van der Waals surface area contributed by atoms with Gasteiger partial charge in [0.25, 0.3) is 0 Å². The molecule has 1 saturated heterocycles. The Kier molecular flexibility index (Phi) is 5.47. The molecule has 0 atom stereocenters. The van der Waals surface area contributed by atoms with Gasteiger partial charge >= 0.3 is 0 Å². The van der Waals surface area contributed by atoms with Gasteiger partial charge in [-0.25, -0.2) is 8.42 Å². The fourth-order valence-electron chi connectivity index (χ4n) is 2.26. The Balaban J connectivity index is 1.62. The summed E-state index contributed by atoms with van der Waals surface area (Å²) in [6.07, 6.45) is 4.90. The maximum atomic E-state index is 11.4. The van der Waals surface area contributed by atoms with Crippen molar-refractivity contribution in [1.82, 2.24) is 19.5 Å². The minimum absolute atomic E-state index is 0.599. The Hall–Kier alpha value is -1.02. The number of nitrogens with one attached hydrogen (secondary N) is 1. The van der Waals surface area contributed by atoms with Crippen molar-refractivity contribution in [3.05, 3.63) is 30.1 Å². The maximum Gasteiger partial charge on any atom is 0.211 e. The number of pyridine rings is 1. The molecule has 1 aliphatic rings. The van der Waals surface area contributed by atoms with Crippen LogP contribution in [0.1, 0.15) is 5.56 Å². The summed E-state index contributed by atoms with van der Waals surface area (Å²) in [6, 6.07) is 3.98. The molecular formula is C13H22N4O2S. The van der Waals surface area contributed by atoms with Crippen molar-refractivity contribution in [2.24, 2.45) is 0 Å². The normalized spacial score (nSPS) is 18.2. The molecular weight excluding hydrogens is 276 g/mol. The third-order valence-electron chi connectivity index (χ3n) is 3.46. The smallest absolute Gasteiger partial charge is 0.211 e. The Morgan fingerprint density at radius 3 is 2.65 bits per heavy atom. The summed E-state index contributed by atoms with van der Waals surface area (Å²) in [4.78, 5) is 6.36. The number of nitrogens with zero attached hydrogens (tertiary/aromatic N) is 3. The van der Waals surface area contributed by atoms with Gasteiger partial charge in [0.1, 0.15) is 0 Å². The van der Waals surface area contributed by atoms with Crippen molar-refractivity contribution in [2.45, 2.75) is 6.54 Å². The molecule has 0 spiro atoms. The zero-order chi connectivity index (χ0) is 14.4. The van der Waals surface area contributed by atoms with Gasteiger partial charge in [0.2, 0.25) is 10.0 Å². The quantitative estimate of drug-likeness (QED) is 0.734. The van der Waals surface area contributed by atoms with Crippen molar-refractivity contribution in [2.75, 3.05) is 45.5 Å². The van der Waals surface area contributed by atoms with Crippen LogP contribution in [0.4, 0.5) is 0 Å². The highest BCUT2D eigenvalue weighted by atomic mass is 32.2. The molecule has 1 aliphatic heterocycles. The molecule has 0 aliphatic carbocycles. The second-order valence-electron chi connectivity index (χ2n) is 5.04. The molecule has 2 heterocycles. The third-order valence-corrected chi connectivity index (χ3v) is 4.76. The lowest BCUT2D eigenvalue weighted by Gasteiger charge is -2.33. The molecule has 6 nitrogen and oxygen atoms in total. The largest absolute Gasteiger partial charge is 0.311 e. The molecule has 0 unspecified atom stereocenters.